The van der Waals surface area contributed by atoms with Gasteiger partial charge in [0.1, 0.15) is 5.82 Å². The molecule has 0 spiro atoms. The molecule has 1 aromatic carbocycles. The summed E-state index contributed by atoms with van der Waals surface area (Å²) in [6, 6.07) is 7.91. The van der Waals surface area contributed by atoms with Gasteiger partial charge in [0.2, 0.25) is 5.95 Å². The summed E-state index contributed by atoms with van der Waals surface area (Å²) in [7, 11) is 0. The minimum absolute atomic E-state index is 0.167. The molecule has 1 aromatic heterocycles. The highest BCUT2D eigenvalue weighted by atomic mass is 16.3. The number of fused-ring (bicyclic) bond motifs is 1. The molecule has 0 unspecified atom stereocenters. The number of nitrogens with zero attached hydrogens (tertiary/aromatic N) is 2. The van der Waals surface area contributed by atoms with Gasteiger partial charge in [-0.2, -0.15) is 4.98 Å². The summed E-state index contributed by atoms with van der Waals surface area (Å²) in [6.07, 6.45) is 0.687. The molecule has 18 heavy (non-hydrogen) atoms. The molecule has 0 radical (unpaired) electrons. The summed E-state index contributed by atoms with van der Waals surface area (Å²) in [6.45, 7) is 3.69. The van der Waals surface area contributed by atoms with Gasteiger partial charge >= 0.3 is 0 Å². The molecule has 0 amide bonds. The topological polar surface area (TPSA) is 70.1 Å². The Labute approximate surface area is 106 Å². The van der Waals surface area contributed by atoms with E-state index >= 15 is 0 Å². The van der Waals surface area contributed by atoms with Crippen molar-refractivity contribution in [2.45, 2.75) is 13.3 Å². The molecule has 0 aliphatic carbocycles. The number of aromatic nitrogens is 2. The van der Waals surface area contributed by atoms with Crippen molar-refractivity contribution in [1.29, 1.82) is 0 Å². The number of benzene rings is 1. The molecule has 1 heterocycles. The summed E-state index contributed by atoms with van der Waals surface area (Å²) in [5.74, 6) is 1.44. The molecule has 0 saturated heterocycles. The van der Waals surface area contributed by atoms with E-state index in [9.17, 15) is 0 Å². The monoisotopic (exact) mass is 246 g/mol. The van der Waals surface area contributed by atoms with Gasteiger partial charge in [-0.3, -0.25) is 0 Å². The first kappa shape index (κ1) is 12.6. The summed E-state index contributed by atoms with van der Waals surface area (Å²) in [4.78, 5) is 8.89. The molecule has 0 aliphatic rings. The Bertz CT molecular complexity index is 515. The number of anilines is 2. The van der Waals surface area contributed by atoms with Gasteiger partial charge in [-0.15, -0.1) is 0 Å². The molecule has 0 fully saturated rings. The third-order valence-electron chi connectivity index (χ3n) is 2.57. The molecule has 5 heteroatoms. The lowest BCUT2D eigenvalue weighted by Gasteiger charge is -2.10. The second-order valence-electron chi connectivity index (χ2n) is 3.95. The Morgan fingerprint density at radius 1 is 1.17 bits per heavy atom. The van der Waals surface area contributed by atoms with Crippen molar-refractivity contribution in [3.05, 3.63) is 24.3 Å². The predicted molar refractivity (Wildman–Crippen MR) is 73.9 cm³/mol. The van der Waals surface area contributed by atoms with E-state index in [0.29, 0.717) is 18.9 Å². The van der Waals surface area contributed by atoms with Crippen LogP contribution in [0.3, 0.4) is 0 Å². The van der Waals surface area contributed by atoms with E-state index in [2.05, 4.69) is 20.6 Å². The number of rotatable bonds is 6. The fourth-order valence-corrected chi connectivity index (χ4v) is 1.74. The van der Waals surface area contributed by atoms with Crippen LogP contribution >= 0.6 is 0 Å². The lowest BCUT2D eigenvalue weighted by molar-refractivity contribution is 0.292. The average Bonchev–Trinajstić information content (AvgIpc) is 2.39. The minimum atomic E-state index is 0.167. The number of hydrogen-bond acceptors (Lipinski definition) is 5. The first-order valence-electron chi connectivity index (χ1n) is 6.20. The van der Waals surface area contributed by atoms with E-state index in [0.717, 1.165) is 23.3 Å². The van der Waals surface area contributed by atoms with Gasteiger partial charge in [-0.1, -0.05) is 12.1 Å². The zero-order valence-electron chi connectivity index (χ0n) is 10.5. The second-order valence-corrected chi connectivity index (χ2v) is 3.95. The lowest BCUT2D eigenvalue weighted by atomic mass is 10.2. The van der Waals surface area contributed by atoms with Gasteiger partial charge in [-0.25, -0.2) is 4.98 Å². The molecule has 96 valence electrons. The van der Waals surface area contributed by atoms with Gasteiger partial charge in [0, 0.05) is 25.1 Å². The SMILES string of the molecule is CCNc1nc(NCCCO)nc2ccccc12. The van der Waals surface area contributed by atoms with Crippen molar-refractivity contribution in [3.8, 4) is 0 Å². The standard InChI is InChI=1S/C13H18N4O/c1-2-14-12-10-6-3-4-7-11(10)16-13(17-12)15-8-5-9-18/h3-4,6-7,18H,2,5,8-9H2,1H3,(H2,14,15,16,17). The van der Waals surface area contributed by atoms with E-state index in [1.54, 1.807) is 0 Å². The summed E-state index contributed by atoms with van der Waals surface area (Å²) in [5, 5.41) is 16.1. The van der Waals surface area contributed by atoms with Crippen molar-refractivity contribution in [2.24, 2.45) is 0 Å². The van der Waals surface area contributed by atoms with Crippen LogP contribution in [-0.4, -0.2) is 34.8 Å². The van der Waals surface area contributed by atoms with E-state index in [1.165, 1.54) is 0 Å². The summed E-state index contributed by atoms with van der Waals surface area (Å²) < 4.78 is 0. The number of aliphatic hydroxyl groups excluding tert-OH is 1. The molecule has 2 rings (SSSR count). The zero-order valence-corrected chi connectivity index (χ0v) is 10.5. The highest BCUT2D eigenvalue weighted by molar-refractivity contribution is 5.89. The van der Waals surface area contributed by atoms with Gasteiger partial charge in [0.05, 0.1) is 5.52 Å². The normalized spacial score (nSPS) is 10.6. The van der Waals surface area contributed by atoms with Crippen molar-refractivity contribution in [2.75, 3.05) is 30.3 Å². The highest BCUT2D eigenvalue weighted by Crippen LogP contribution is 2.21. The fourth-order valence-electron chi connectivity index (χ4n) is 1.74. The smallest absolute Gasteiger partial charge is 0.225 e. The number of nitrogens with one attached hydrogen (secondary N) is 2. The van der Waals surface area contributed by atoms with Gasteiger partial charge < -0.3 is 15.7 Å². The third kappa shape index (κ3) is 2.87. The van der Waals surface area contributed by atoms with Crippen LogP contribution in [0, 0.1) is 0 Å². The van der Waals surface area contributed by atoms with Gasteiger partial charge in [0.25, 0.3) is 0 Å². The average molecular weight is 246 g/mol. The van der Waals surface area contributed by atoms with Crippen molar-refractivity contribution < 1.29 is 5.11 Å². The Hall–Kier alpha value is -1.88. The first-order valence-corrected chi connectivity index (χ1v) is 6.20. The van der Waals surface area contributed by atoms with E-state index in [4.69, 9.17) is 5.11 Å². The van der Waals surface area contributed by atoms with Crippen LogP contribution in [0.15, 0.2) is 24.3 Å². The Morgan fingerprint density at radius 3 is 2.78 bits per heavy atom. The predicted octanol–water partition coefficient (Wildman–Crippen LogP) is 1.86. The maximum Gasteiger partial charge on any atom is 0.225 e. The van der Waals surface area contributed by atoms with Crippen LogP contribution in [0.25, 0.3) is 10.9 Å². The van der Waals surface area contributed by atoms with Crippen LogP contribution in [-0.2, 0) is 0 Å². The van der Waals surface area contributed by atoms with Gasteiger partial charge in [0.15, 0.2) is 0 Å². The summed E-state index contributed by atoms with van der Waals surface area (Å²) >= 11 is 0. The minimum Gasteiger partial charge on any atom is -0.396 e. The van der Waals surface area contributed by atoms with E-state index in [1.807, 2.05) is 31.2 Å². The fraction of sp³-hybridized carbons (Fsp3) is 0.385. The van der Waals surface area contributed by atoms with Crippen LogP contribution in [0.5, 0.6) is 0 Å². The Kier molecular flexibility index (Phi) is 4.30. The summed E-state index contributed by atoms with van der Waals surface area (Å²) in [5.41, 5.74) is 0.912. The van der Waals surface area contributed by atoms with Gasteiger partial charge in [-0.05, 0) is 25.5 Å². The van der Waals surface area contributed by atoms with Crippen molar-refractivity contribution >= 4 is 22.7 Å². The number of hydrogen-bond donors (Lipinski definition) is 3. The van der Waals surface area contributed by atoms with Crippen molar-refractivity contribution in [1.82, 2.24) is 9.97 Å². The first-order chi connectivity index (χ1) is 8.85. The number of aliphatic hydroxyl groups is 1. The van der Waals surface area contributed by atoms with Crippen LogP contribution < -0.4 is 10.6 Å². The molecule has 0 bridgehead atoms. The number of para-hydroxylation sites is 1. The highest BCUT2D eigenvalue weighted by Gasteiger charge is 2.05. The van der Waals surface area contributed by atoms with Crippen molar-refractivity contribution in [3.63, 3.8) is 0 Å². The molecule has 0 atom stereocenters. The maximum atomic E-state index is 8.76. The molecule has 0 saturated carbocycles. The molecule has 3 N–H and O–H groups in total. The largest absolute Gasteiger partial charge is 0.396 e. The van der Waals surface area contributed by atoms with Crippen LogP contribution in [0.2, 0.25) is 0 Å². The maximum absolute atomic E-state index is 8.76. The molecular weight excluding hydrogens is 228 g/mol. The molecule has 5 nitrogen and oxygen atoms in total. The molecule has 2 aromatic rings. The third-order valence-corrected chi connectivity index (χ3v) is 2.57. The van der Waals surface area contributed by atoms with E-state index in [-0.39, 0.29) is 6.61 Å². The quantitative estimate of drug-likeness (QED) is 0.679. The van der Waals surface area contributed by atoms with Crippen LogP contribution in [0.1, 0.15) is 13.3 Å². The van der Waals surface area contributed by atoms with E-state index < -0.39 is 0 Å². The van der Waals surface area contributed by atoms with Crippen LogP contribution in [0.4, 0.5) is 11.8 Å². The second kappa shape index (κ2) is 6.16. The molecular formula is C13H18N4O. The lowest BCUT2D eigenvalue weighted by Crippen LogP contribution is -2.09. The zero-order chi connectivity index (χ0) is 12.8. The Balaban J connectivity index is 2.31. The Morgan fingerprint density at radius 2 is 2.00 bits per heavy atom. The molecule has 0 aliphatic heterocycles.